The highest BCUT2D eigenvalue weighted by Crippen LogP contribution is 2.36. The van der Waals surface area contributed by atoms with Crippen molar-refractivity contribution in [3.05, 3.63) is 75.8 Å². The van der Waals surface area contributed by atoms with Crippen molar-refractivity contribution in [1.29, 1.82) is 0 Å². The first-order chi connectivity index (χ1) is 13.4. The smallest absolute Gasteiger partial charge is 0.232 e. The van der Waals surface area contributed by atoms with Crippen molar-refractivity contribution in [2.24, 2.45) is 0 Å². The second kappa shape index (κ2) is 8.97. The van der Waals surface area contributed by atoms with Crippen LogP contribution in [0.5, 0.6) is 0 Å². The zero-order valence-electron chi connectivity index (χ0n) is 14.3. The minimum atomic E-state index is -2.95. The Morgan fingerprint density at radius 3 is 2.68 bits per heavy atom. The SMILES string of the molecule is O=C(N/C=C/c1c(F)cccc1F)C(C[PH](=O)O)c1csc2ccc(Cl)cc12. The molecule has 0 saturated carbocycles. The zero-order chi connectivity index (χ0) is 20.3. The second-order valence-corrected chi connectivity index (χ2v) is 8.50. The maximum absolute atomic E-state index is 13.7. The molecule has 4 nitrogen and oxygen atoms in total. The van der Waals surface area contributed by atoms with Gasteiger partial charge in [0, 0.05) is 27.6 Å². The molecule has 146 valence electrons. The highest BCUT2D eigenvalue weighted by atomic mass is 35.5. The van der Waals surface area contributed by atoms with E-state index in [0.29, 0.717) is 10.6 Å². The van der Waals surface area contributed by atoms with E-state index in [0.717, 1.165) is 34.5 Å². The Bertz CT molecular complexity index is 1070. The van der Waals surface area contributed by atoms with Crippen molar-refractivity contribution in [2.45, 2.75) is 5.92 Å². The number of hydrogen-bond acceptors (Lipinski definition) is 3. The average Bonchev–Trinajstić information content (AvgIpc) is 3.04. The van der Waals surface area contributed by atoms with Crippen molar-refractivity contribution in [3.8, 4) is 0 Å². The molecule has 2 aromatic carbocycles. The van der Waals surface area contributed by atoms with Crippen molar-refractivity contribution in [2.75, 3.05) is 6.16 Å². The van der Waals surface area contributed by atoms with E-state index in [4.69, 9.17) is 11.6 Å². The summed E-state index contributed by atoms with van der Waals surface area (Å²) < 4.78 is 39.7. The first-order valence-electron chi connectivity index (χ1n) is 8.16. The largest absolute Gasteiger partial charge is 0.346 e. The summed E-state index contributed by atoms with van der Waals surface area (Å²) in [7, 11) is -2.95. The Kier molecular flexibility index (Phi) is 6.62. The molecule has 1 amide bonds. The number of thiophene rings is 1. The average molecular weight is 442 g/mol. The summed E-state index contributed by atoms with van der Waals surface area (Å²) in [5, 5.41) is 5.40. The van der Waals surface area contributed by atoms with E-state index in [-0.39, 0.29) is 11.7 Å². The first kappa shape index (κ1) is 20.7. The van der Waals surface area contributed by atoms with Crippen LogP contribution in [0.15, 0.2) is 48.0 Å². The summed E-state index contributed by atoms with van der Waals surface area (Å²) in [6, 6.07) is 8.67. The predicted octanol–water partition coefficient (Wildman–Crippen LogP) is 5.17. The van der Waals surface area contributed by atoms with Crippen LogP contribution >= 0.6 is 31.0 Å². The van der Waals surface area contributed by atoms with Gasteiger partial charge in [-0.25, -0.2) is 8.78 Å². The van der Waals surface area contributed by atoms with Crippen LogP contribution in [-0.2, 0) is 9.36 Å². The lowest BCUT2D eigenvalue weighted by Gasteiger charge is -2.14. The predicted molar refractivity (Wildman–Crippen MR) is 109 cm³/mol. The summed E-state index contributed by atoms with van der Waals surface area (Å²) >= 11 is 7.43. The highest BCUT2D eigenvalue weighted by Gasteiger charge is 2.25. The molecule has 28 heavy (non-hydrogen) atoms. The Labute approximate surface area is 169 Å². The van der Waals surface area contributed by atoms with E-state index < -0.39 is 31.5 Å². The van der Waals surface area contributed by atoms with E-state index >= 15 is 0 Å². The molecule has 0 aliphatic rings. The molecule has 2 unspecified atom stereocenters. The monoisotopic (exact) mass is 441 g/mol. The van der Waals surface area contributed by atoms with Crippen LogP contribution in [0.2, 0.25) is 5.02 Å². The molecule has 0 aliphatic carbocycles. The van der Waals surface area contributed by atoms with E-state index in [1.165, 1.54) is 17.4 Å². The number of benzene rings is 2. The topological polar surface area (TPSA) is 66.4 Å². The molecule has 2 atom stereocenters. The van der Waals surface area contributed by atoms with Gasteiger partial charge in [-0.15, -0.1) is 11.3 Å². The van der Waals surface area contributed by atoms with Gasteiger partial charge in [0.25, 0.3) is 0 Å². The fourth-order valence-electron chi connectivity index (χ4n) is 2.79. The Balaban J connectivity index is 1.87. The lowest BCUT2D eigenvalue weighted by Crippen LogP contribution is -2.26. The van der Waals surface area contributed by atoms with Crippen LogP contribution < -0.4 is 5.32 Å². The molecule has 0 bridgehead atoms. The molecule has 1 aromatic heterocycles. The number of fused-ring (bicyclic) bond motifs is 1. The third kappa shape index (κ3) is 4.67. The van der Waals surface area contributed by atoms with Crippen LogP contribution in [0.4, 0.5) is 8.78 Å². The summed E-state index contributed by atoms with van der Waals surface area (Å²) in [6.45, 7) is 0. The van der Waals surface area contributed by atoms with Gasteiger partial charge in [0.1, 0.15) is 11.6 Å². The van der Waals surface area contributed by atoms with Crippen molar-refractivity contribution < 1.29 is 23.0 Å². The normalized spacial score (nSPS) is 13.7. The molecule has 1 heterocycles. The molecule has 0 saturated heterocycles. The van der Waals surface area contributed by atoms with Gasteiger partial charge in [-0.3, -0.25) is 9.36 Å². The van der Waals surface area contributed by atoms with Gasteiger partial charge < -0.3 is 10.2 Å². The van der Waals surface area contributed by atoms with E-state index in [2.05, 4.69) is 5.32 Å². The van der Waals surface area contributed by atoms with Crippen LogP contribution in [0.25, 0.3) is 16.2 Å². The van der Waals surface area contributed by atoms with Gasteiger partial charge in [-0.1, -0.05) is 17.7 Å². The molecule has 0 fully saturated rings. The third-order valence-corrected chi connectivity index (χ3v) is 6.09. The quantitative estimate of drug-likeness (QED) is 0.518. The molecule has 3 rings (SSSR count). The molecule has 2 N–H and O–H groups in total. The minimum absolute atomic E-state index is 0.253. The summed E-state index contributed by atoms with van der Waals surface area (Å²) in [5.41, 5.74) is 0.292. The number of carbonyl (C=O) groups excluding carboxylic acids is 1. The molecule has 0 aliphatic heterocycles. The van der Waals surface area contributed by atoms with E-state index in [9.17, 15) is 23.0 Å². The van der Waals surface area contributed by atoms with Crippen molar-refractivity contribution in [3.63, 3.8) is 0 Å². The Hall–Kier alpha value is -2.05. The Morgan fingerprint density at radius 2 is 2.00 bits per heavy atom. The van der Waals surface area contributed by atoms with E-state index in [1.54, 1.807) is 17.5 Å². The van der Waals surface area contributed by atoms with Crippen LogP contribution in [0, 0.1) is 11.6 Å². The fourth-order valence-corrected chi connectivity index (χ4v) is 4.71. The molecule has 0 radical (unpaired) electrons. The number of hydrogen-bond donors (Lipinski definition) is 2. The molecule has 9 heteroatoms. The fraction of sp³-hybridized carbons (Fsp3) is 0.105. The van der Waals surface area contributed by atoms with Crippen LogP contribution in [0.3, 0.4) is 0 Å². The highest BCUT2D eigenvalue weighted by molar-refractivity contribution is 7.38. The minimum Gasteiger partial charge on any atom is -0.346 e. The van der Waals surface area contributed by atoms with Gasteiger partial charge in [-0.05, 0) is 52.7 Å². The summed E-state index contributed by atoms with van der Waals surface area (Å²) in [6.07, 6.45) is 1.97. The lowest BCUT2D eigenvalue weighted by molar-refractivity contribution is -0.121. The van der Waals surface area contributed by atoms with Gasteiger partial charge in [-0.2, -0.15) is 0 Å². The maximum atomic E-state index is 13.7. The summed E-state index contributed by atoms with van der Waals surface area (Å²) in [5.74, 6) is -2.99. The van der Waals surface area contributed by atoms with Gasteiger partial charge in [0.05, 0.1) is 5.92 Å². The number of halogens is 3. The lowest BCUT2D eigenvalue weighted by atomic mass is 9.99. The van der Waals surface area contributed by atoms with E-state index in [1.807, 2.05) is 6.07 Å². The first-order valence-corrected chi connectivity index (χ1v) is 11.0. The van der Waals surface area contributed by atoms with Crippen molar-refractivity contribution >= 4 is 53.0 Å². The second-order valence-electron chi connectivity index (χ2n) is 5.96. The number of nitrogens with one attached hydrogen (secondary N) is 1. The number of carbonyl (C=O) groups is 1. The third-order valence-electron chi connectivity index (χ3n) is 4.11. The maximum Gasteiger partial charge on any atom is 0.232 e. The zero-order valence-corrected chi connectivity index (χ0v) is 16.9. The van der Waals surface area contributed by atoms with Gasteiger partial charge >= 0.3 is 0 Å². The van der Waals surface area contributed by atoms with Crippen LogP contribution in [0.1, 0.15) is 17.0 Å². The van der Waals surface area contributed by atoms with Gasteiger partial charge in [0.2, 0.25) is 5.91 Å². The Morgan fingerprint density at radius 1 is 1.29 bits per heavy atom. The van der Waals surface area contributed by atoms with Gasteiger partial charge in [0.15, 0.2) is 8.03 Å². The van der Waals surface area contributed by atoms with Crippen molar-refractivity contribution in [1.82, 2.24) is 5.32 Å². The van der Waals surface area contributed by atoms with Crippen LogP contribution in [-0.4, -0.2) is 17.0 Å². The number of amides is 1. The molecule has 0 spiro atoms. The summed E-state index contributed by atoms with van der Waals surface area (Å²) in [4.78, 5) is 22.1. The number of rotatable bonds is 6. The molecule has 3 aromatic rings. The molecular formula is C19H15ClF2NO3PS. The molecular weight excluding hydrogens is 427 g/mol. The standard InChI is InChI=1S/C19H15ClF2NO3PS/c20-11-4-5-18-13(8-11)15(10-28-18)14(9-27(25)26)19(24)23-7-6-12-16(21)2-1-3-17(12)22/h1-8,10,14,27H,9H2,(H,23,24)(H,25,26)/b7-6+.